The molecule has 2 N–H and O–H groups in total. The maximum Gasteiger partial charge on any atom is 0.129 e. The van der Waals surface area contributed by atoms with Crippen molar-refractivity contribution in [3.63, 3.8) is 0 Å². The number of benzene rings is 2. The van der Waals surface area contributed by atoms with Crippen molar-refractivity contribution in [2.24, 2.45) is 0 Å². The van der Waals surface area contributed by atoms with Gasteiger partial charge in [-0.15, -0.1) is 0 Å². The van der Waals surface area contributed by atoms with E-state index in [0.717, 1.165) is 11.1 Å². The summed E-state index contributed by atoms with van der Waals surface area (Å²) in [6.07, 6.45) is 0. The molecule has 0 radical (unpaired) electrons. The lowest BCUT2D eigenvalue weighted by molar-refractivity contribution is 0.616. The smallest absolute Gasteiger partial charge is 0.129 e. The van der Waals surface area contributed by atoms with Crippen LogP contribution in [-0.4, -0.2) is 4.21 Å². The molecular formula is C15H16FNOS. The van der Waals surface area contributed by atoms with Crippen LogP contribution < -0.4 is 5.73 Å². The van der Waals surface area contributed by atoms with E-state index >= 15 is 0 Å². The van der Waals surface area contributed by atoms with E-state index < -0.39 is 16.6 Å². The predicted molar refractivity (Wildman–Crippen MR) is 77.5 cm³/mol. The van der Waals surface area contributed by atoms with Gasteiger partial charge in [0.05, 0.1) is 5.75 Å². The average molecular weight is 277 g/mol. The van der Waals surface area contributed by atoms with Crippen LogP contribution in [-0.2, 0) is 22.3 Å². The van der Waals surface area contributed by atoms with Crippen molar-refractivity contribution in [3.8, 4) is 0 Å². The lowest BCUT2D eigenvalue weighted by Gasteiger charge is -2.06. The van der Waals surface area contributed by atoms with Crippen LogP contribution in [0.5, 0.6) is 0 Å². The number of aryl methyl sites for hydroxylation is 1. The Hall–Kier alpha value is -1.68. The third kappa shape index (κ3) is 3.89. The van der Waals surface area contributed by atoms with Gasteiger partial charge in [0.25, 0.3) is 0 Å². The molecule has 19 heavy (non-hydrogen) atoms. The quantitative estimate of drug-likeness (QED) is 0.872. The first-order chi connectivity index (χ1) is 9.04. The Balaban J connectivity index is 2.05. The molecule has 4 heteroatoms. The molecule has 1 unspecified atom stereocenters. The highest BCUT2D eigenvalue weighted by atomic mass is 32.2. The van der Waals surface area contributed by atoms with E-state index in [1.165, 1.54) is 6.07 Å². The molecule has 0 fully saturated rings. The van der Waals surface area contributed by atoms with E-state index in [1.54, 1.807) is 12.1 Å². The Morgan fingerprint density at radius 3 is 2.63 bits per heavy atom. The van der Waals surface area contributed by atoms with Gasteiger partial charge >= 0.3 is 0 Å². The molecule has 0 aliphatic rings. The van der Waals surface area contributed by atoms with Crippen molar-refractivity contribution >= 4 is 16.5 Å². The minimum atomic E-state index is -1.13. The number of halogens is 1. The van der Waals surface area contributed by atoms with Crippen LogP contribution in [0.15, 0.2) is 42.5 Å². The minimum Gasteiger partial charge on any atom is -0.399 e. The van der Waals surface area contributed by atoms with Crippen molar-refractivity contribution < 1.29 is 8.60 Å². The van der Waals surface area contributed by atoms with Gasteiger partial charge in [-0.05, 0) is 24.6 Å². The number of nitrogens with two attached hydrogens (primary N) is 1. The minimum absolute atomic E-state index is 0.208. The zero-order valence-electron chi connectivity index (χ0n) is 10.7. The summed E-state index contributed by atoms with van der Waals surface area (Å²) in [5.74, 6) is 0.253. The van der Waals surface area contributed by atoms with E-state index in [9.17, 15) is 8.60 Å². The fourth-order valence-corrected chi connectivity index (χ4v) is 3.13. The lowest BCUT2D eigenvalue weighted by atomic mass is 10.2. The molecule has 0 amide bonds. The number of anilines is 1. The van der Waals surface area contributed by atoms with Gasteiger partial charge in [-0.1, -0.05) is 35.9 Å². The highest BCUT2D eigenvalue weighted by Gasteiger charge is 2.08. The van der Waals surface area contributed by atoms with E-state index in [-0.39, 0.29) is 5.75 Å². The molecule has 0 saturated heterocycles. The molecule has 0 aliphatic heterocycles. The van der Waals surface area contributed by atoms with Crippen LogP contribution in [0.3, 0.4) is 0 Å². The van der Waals surface area contributed by atoms with Gasteiger partial charge < -0.3 is 5.73 Å². The summed E-state index contributed by atoms with van der Waals surface area (Å²) in [7, 11) is -1.13. The van der Waals surface area contributed by atoms with Crippen LogP contribution in [0.4, 0.5) is 10.1 Å². The number of rotatable bonds is 4. The molecule has 100 valence electrons. The Bertz CT molecular complexity index is 613. The van der Waals surface area contributed by atoms with Crippen LogP contribution >= 0.6 is 0 Å². The first kappa shape index (κ1) is 13.7. The summed E-state index contributed by atoms with van der Waals surface area (Å²) in [5, 5.41) is 0. The predicted octanol–water partition coefficient (Wildman–Crippen LogP) is 3.17. The maximum atomic E-state index is 13.6. The van der Waals surface area contributed by atoms with Crippen molar-refractivity contribution in [2.45, 2.75) is 18.4 Å². The second-order valence-electron chi connectivity index (χ2n) is 4.57. The standard InChI is InChI=1S/C15H16FNOS/c1-11-3-2-4-12(7-11)9-19(18)10-13-5-6-14(17)8-15(13)16/h2-8H,9-10,17H2,1H3. The van der Waals surface area contributed by atoms with E-state index in [2.05, 4.69) is 0 Å². The van der Waals surface area contributed by atoms with Gasteiger partial charge in [-0.25, -0.2) is 4.39 Å². The molecule has 2 aromatic carbocycles. The molecular weight excluding hydrogens is 261 g/mol. The Morgan fingerprint density at radius 2 is 1.95 bits per heavy atom. The van der Waals surface area contributed by atoms with Crippen LogP contribution in [0.25, 0.3) is 0 Å². The molecule has 0 heterocycles. The summed E-state index contributed by atoms with van der Waals surface area (Å²) < 4.78 is 25.6. The lowest BCUT2D eigenvalue weighted by Crippen LogP contribution is -2.02. The van der Waals surface area contributed by atoms with Gasteiger partial charge in [0, 0.05) is 27.8 Å². The Kier molecular flexibility index (Phi) is 4.32. The molecule has 0 aliphatic carbocycles. The number of hydrogen-bond donors (Lipinski definition) is 1. The fraction of sp³-hybridized carbons (Fsp3) is 0.200. The van der Waals surface area contributed by atoms with Crippen molar-refractivity contribution in [3.05, 3.63) is 65.0 Å². The average Bonchev–Trinajstić information content (AvgIpc) is 2.33. The summed E-state index contributed by atoms with van der Waals surface area (Å²) in [5.41, 5.74) is 8.45. The second kappa shape index (κ2) is 5.97. The van der Waals surface area contributed by atoms with Crippen LogP contribution in [0.2, 0.25) is 0 Å². The first-order valence-corrected chi connectivity index (χ1v) is 7.48. The number of nitrogen functional groups attached to an aromatic ring is 1. The molecule has 0 aromatic heterocycles. The fourth-order valence-electron chi connectivity index (χ4n) is 1.89. The summed E-state index contributed by atoms with van der Waals surface area (Å²) in [6.45, 7) is 1.99. The third-order valence-corrected chi connectivity index (χ3v) is 4.09. The second-order valence-corrected chi connectivity index (χ2v) is 6.03. The topological polar surface area (TPSA) is 43.1 Å². The molecule has 2 aromatic rings. The first-order valence-electron chi connectivity index (χ1n) is 5.99. The molecule has 2 rings (SSSR count). The zero-order chi connectivity index (χ0) is 13.8. The molecule has 2 nitrogen and oxygen atoms in total. The van der Waals surface area contributed by atoms with Crippen LogP contribution in [0, 0.1) is 12.7 Å². The van der Waals surface area contributed by atoms with Crippen molar-refractivity contribution in [1.29, 1.82) is 0 Å². The van der Waals surface area contributed by atoms with Gasteiger partial charge in [0.2, 0.25) is 0 Å². The largest absolute Gasteiger partial charge is 0.399 e. The normalized spacial score (nSPS) is 12.3. The van der Waals surface area contributed by atoms with Crippen molar-refractivity contribution in [1.82, 2.24) is 0 Å². The van der Waals surface area contributed by atoms with Gasteiger partial charge in [0.15, 0.2) is 0 Å². The Morgan fingerprint density at radius 1 is 1.16 bits per heavy atom. The summed E-state index contributed by atoms with van der Waals surface area (Å²) in [6, 6.07) is 12.3. The van der Waals surface area contributed by atoms with Crippen molar-refractivity contribution in [2.75, 3.05) is 5.73 Å². The SMILES string of the molecule is Cc1cccc(CS(=O)Cc2ccc(N)cc2F)c1. The van der Waals surface area contributed by atoms with E-state index in [0.29, 0.717) is 17.0 Å². The summed E-state index contributed by atoms with van der Waals surface area (Å²) in [4.78, 5) is 0. The molecule has 0 spiro atoms. The number of hydrogen-bond acceptors (Lipinski definition) is 2. The van der Waals surface area contributed by atoms with Gasteiger partial charge in [-0.2, -0.15) is 0 Å². The van der Waals surface area contributed by atoms with Crippen LogP contribution in [0.1, 0.15) is 16.7 Å². The highest BCUT2D eigenvalue weighted by molar-refractivity contribution is 7.83. The summed E-state index contributed by atoms with van der Waals surface area (Å²) >= 11 is 0. The zero-order valence-corrected chi connectivity index (χ0v) is 11.5. The molecule has 1 atom stereocenters. The maximum absolute atomic E-state index is 13.6. The van der Waals surface area contributed by atoms with Gasteiger partial charge in [-0.3, -0.25) is 4.21 Å². The van der Waals surface area contributed by atoms with E-state index in [1.807, 2.05) is 31.2 Å². The third-order valence-electron chi connectivity index (χ3n) is 2.80. The van der Waals surface area contributed by atoms with E-state index in [4.69, 9.17) is 5.73 Å². The molecule has 0 saturated carbocycles. The monoisotopic (exact) mass is 277 g/mol. The molecule has 0 bridgehead atoms. The highest BCUT2D eigenvalue weighted by Crippen LogP contribution is 2.15. The Labute approximate surface area is 114 Å². The van der Waals surface area contributed by atoms with Gasteiger partial charge in [0.1, 0.15) is 5.82 Å².